The molecule has 0 aliphatic heterocycles. The van der Waals surface area contributed by atoms with Crippen molar-refractivity contribution in [1.82, 2.24) is 4.98 Å². The molecule has 1 aliphatic carbocycles. The normalized spacial score (nSPS) is 16.9. The van der Waals surface area contributed by atoms with Gasteiger partial charge in [0.15, 0.2) is 0 Å². The van der Waals surface area contributed by atoms with Gasteiger partial charge in [-0.1, -0.05) is 0 Å². The Labute approximate surface area is 73.2 Å². The highest BCUT2D eigenvalue weighted by Crippen LogP contribution is 2.21. The summed E-state index contributed by atoms with van der Waals surface area (Å²) in [6.45, 7) is 0. The third-order valence-corrected chi connectivity index (χ3v) is 2.28. The number of halogens is 1. The quantitative estimate of drug-likeness (QED) is 0.658. The molecule has 0 fully saturated rings. The largest absolute Gasteiger partial charge is 0.437 e. The first kappa shape index (κ1) is 6.64. The Morgan fingerprint density at radius 3 is 2.90 bits per heavy atom. The molecule has 2 rings (SSSR count). The van der Waals surface area contributed by atoms with Gasteiger partial charge in [0.25, 0.3) is 3.90 Å². The van der Waals surface area contributed by atoms with Crippen molar-refractivity contribution in [3.63, 3.8) is 0 Å². The molecule has 0 unspecified atom stereocenters. The monoisotopic (exact) mass is 249 g/mol. The van der Waals surface area contributed by atoms with E-state index in [1.807, 2.05) is 0 Å². The van der Waals surface area contributed by atoms with E-state index in [4.69, 9.17) is 4.42 Å². The molecule has 1 aromatic rings. The van der Waals surface area contributed by atoms with Crippen molar-refractivity contribution in [2.24, 2.45) is 0 Å². The van der Waals surface area contributed by atoms with Crippen molar-refractivity contribution in [2.75, 3.05) is 0 Å². The number of hydrogen-bond donors (Lipinski definition) is 0. The Balaban J connectivity index is 2.41. The number of oxazole rings is 1. The van der Waals surface area contributed by atoms with Crippen molar-refractivity contribution in [2.45, 2.75) is 25.7 Å². The maximum atomic E-state index is 5.38. The van der Waals surface area contributed by atoms with Crippen molar-refractivity contribution in [1.29, 1.82) is 0 Å². The van der Waals surface area contributed by atoms with Gasteiger partial charge in [-0.2, -0.15) is 0 Å². The Hall–Kier alpha value is -0.0600. The van der Waals surface area contributed by atoms with Crippen LogP contribution >= 0.6 is 22.6 Å². The second-order valence-corrected chi connectivity index (χ2v) is 3.47. The molecule has 0 atom stereocenters. The summed E-state index contributed by atoms with van der Waals surface area (Å²) >= 11 is 2.12. The standard InChI is InChI=1S/C7H8INO/c8-7-9-5-3-1-2-4-6(5)10-7/h1-4H2. The van der Waals surface area contributed by atoms with Crippen molar-refractivity contribution < 1.29 is 4.42 Å². The zero-order valence-electron chi connectivity index (χ0n) is 5.56. The van der Waals surface area contributed by atoms with Crippen molar-refractivity contribution in [3.05, 3.63) is 15.4 Å². The molecule has 0 N–H and O–H groups in total. The zero-order valence-corrected chi connectivity index (χ0v) is 7.72. The lowest BCUT2D eigenvalue weighted by atomic mass is 10.0. The van der Waals surface area contributed by atoms with Crippen LogP contribution in [0, 0.1) is 3.90 Å². The molecule has 0 spiro atoms. The molecule has 3 heteroatoms. The van der Waals surface area contributed by atoms with Crippen LogP contribution in [0.25, 0.3) is 0 Å². The minimum absolute atomic E-state index is 0.796. The van der Waals surface area contributed by atoms with Crippen molar-refractivity contribution >= 4 is 22.6 Å². The van der Waals surface area contributed by atoms with Gasteiger partial charge in [0.1, 0.15) is 5.76 Å². The summed E-state index contributed by atoms with van der Waals surface area (Å²) in [7, 11) is 0. The average molecular weight is 249 g/mol. The van der Waals surface area contributed by atoms with E-state index in [2.05, 4.69) is 27.6 Å². The highest BCUT2D eigenvalue weighted by atomic mass is 127. The van der Waals surface area contributed by atoms with Crippen LogP contribution in [-0.2, 0) is 12.8 Å². The fraction of sp³-hybridized carbons (Fsp3) is 0.571. The molecule has 0 radical (unpaired) electrons. The first-order chi connectivity index (χ1) is 4.86. The van der Waals surface area contributed by atoms with E-state index in [-0.39, 0.29) is 0 Å². The smallest absolute Gasteiger partial charge is 0.257 e. The van der Waals surface area contributed by atoms with Crippen LogP contribution in [-0.4, -0.2) is 4.98 Å². The number of aromatic nitrogens is 1. The molecule has 0 bridgehead atoms. The molecular weight excluding hydrogens is 241 g/mol. The highest BCUT2D eigenvalue weighted by Gasteiger charge is 2.14. The number of nitrogens with zero attached hydrogens (tertiary/aromatic N) is 1. The van der Waals surface area contributed by atoms with Crippen LogP contribution in [0.1, 0.15) is 24.3 Å². The van der Waals surface area contributed by atoms with Crippen molar-refractivity contribution in [3.8, 4) is 0 Å². The van der Waals surface area contributed by atoms with Gasteiger partial charge in [-0.3, -0.25) is 0 Å². The third kappa shape index (κ3) is 1.07. The van der Waals surface area contributed by atoms with E-state index in [9.17, 15) is 0 Å². The van der Waals surface area contributed by atoms with Crippen LogP contribution in [0.4, 0.5) is 0 Å². The number of fused-ring (bicyclic) bond motifs is 1. The van der Waals surface area contributed by atoms with E-state index in [0.29, 0.717) is 0 Å². The van der Waals surface area contributed by atoms with Crippen LogP contribution in [0.3, 0.4) is 0 Å². The SMILES string of the molecule is Ic1nc2c(o1)CCCC2. The topological polar surface area (TPSA) is 26.0 Å². The summed E-state index contributed by atoms with van der Waals surface area (Å²) in [6.07, 6.45) is 4.74. The van der Waals surface area contributed by atoms with Gasteiger partial charge in [-0.15, -0.1) is 0 Å². The molecule has 2 nitrogen and oxygen atoms in total. The summed E-state index contributed by atoms with van der Waals surface area (Å²) in [5.74, 6) is 1.12. The minimum atomic E-state index is 0.796. The first-order valence-corrected chi connectivity index (χ1v) is 4.58. The van der Waals surface area contributed by atoms with Gasteiger partial charge in [-0.05, 0) is 19.3 Å². The van der Waals surface area contributed by atoms with E-state index >= 15 is 0 Å². The lowest BCUT2D eigenvalue weighted by molar-refractivity contribution is 0.456. The molecule has 1 aromatic heterocycles. The summed E-state index contributed by atoms with van der Waals surface area (Å²) in [6, 6.07) is 0. The van der Waals surface area contributed by atoms with E-state index in [1.165, 1.54) is 18.5 Å². The summed E-state index contributed by atoms with van der Waals surface area (Å²) in [5.41, 5.74) is 1.19. The van der Waals surface area contributed by atoms with Gasteiger partial charge in [0, 0.05) is 29.0 Å². The Kier molecular flexibility index (Phi) is 1.68. The average Bonchev–Trinajstić information content (AvgIpc) is 2.27. The van der Waals surface area contributed by atoms with E-state index in [1.54, 1.807) is 0 Å². The first-order valence-electron chi connectivity index (χ1n) is 3.50. The number of rotatable bonds is 0. The number of hydrogen-bond acceptors (Lipinski definition) is 2. The summed E-state index contributed by atoms with van der Waals surface area (Å²) in [5, 5.41) is 0. The fourth-order valence-electron chi connectivity index (χ4n) is 1.32. The Bertz CT molecular complexity index is 220. The second kappa shape index (κ2) is 2.53. The zero-order chi connectivity index (χ0) is 6.97. The lowest BCUT2D eigenvalue weighted by Gasteiger charge is -2.05. The molecular formula is C7H8INO. The van der Waals surface area contributed by atoms with E-state index < -0.39 is 0 Å². The van der Waals surface area contributed by atoms with Crippen LogP contribution in [0.15, 0.2) is 4.42 Å². The predicted octanol–water partition coefficient (Wildman–Crippen LogP) is 2.16. The molecule has 0 amide bonds. The molecule has 54 valence electrons. The molecule has 0 saturated heterocycles. The molecule has 10 heavy (non-hydrogen) atoms. The van der Waals surface area contributed by atoms with Gasteiger partial charge < -0.3 is 4.42 Å². The second-order valence-electron chi connectivity index (χ2n) is 2.54. The van der Waals surface area contributed by atoms with Crippen LogP contribution in [0.5, 0.6) is 0 Å². The molecule has 1 aliphatic rings. The minimum Gasteiger partial charge on any atom is -0.437 e. The van der Waals surface area contributed by atoms with Gasteiger partial charge >= 0.3 is 0 Å². The molecule has 0 saturated carbocycles. The van der Waals surface area contributed by atoms with Crippen LogP contribution < -0.4 is 0 Å². The molecule has 1 heterocycles. The predicted molar refractivity (Wildman–Crippen MR) is 45.9 cm³/mol. The van der Waals surface area contributed by atoms with Crippen LogP contribution in [0.2, 0.25) is 0 Å². The highest BCUT2D eigenvalue weighted by molar-refractivity contribution is 14.1. The van der Waals surface area contributed by atoms with Gasteiger partial charge in [-0.25, -0.2) is 4.98 Å². The Morgan fingerprint density at radius 1 is 1.30 bits per heavy atom. The third-order valence-electron chi connectivity index (χ3n) is 1.82. The Morgan fingerprint density at radius 2 is 2.10 bits per heavy atom. The van der Waals surface area contributed by atoms with Gasteiger partial charge in [0.05, 0.1) is 5.69 Å². The van der Waals surface area contributed by atoms with Gasteiger partial charge in [0.2, 0.25) is 0 Å². The van der Waals surface area contributed by atoms with E-state index in [0.717, 1.165) is 22.5 Å². The maximum absolute atomic E-state index is 5.38. The number of aryl methyl sites for hydroxylation is 2. The molecule has 0 aromatic carbocycles. The summed E-state index contributed by atoms with van der Waals surface area (Å²) < 4.78 is 6.18. The fourth-order valence-corrected chi connectivity index (χ4v) is 1.88. The lowest BCUT2D eigenvalue weighted by Crippen LogP contribution is -1.99. The summed E-state index contributed by atoms with van der Waals surface area (Å²) in [4.78, 5) is 4.27. The maximum Gasteiger partial charge on any atom is 0.257 e.